The molecule has 2 aliphatic rings. The Morgan fingerprint density at radius 3 is 2.47 bits per heavy atom. The van der Waals surface area contributed by atoms with Crippen molar-refractivity contribution in [2.24, 2.45) is 0 Å². The number of methoxy groups -OCH3 is 2. The van der Waals surface area contributed by atoms with Crippen LogP contribution in [-0.4, -0.2) is 29.8 Å². The third-order valence-electron chi connectivity index (χ3n) is 7.01. The number of para-hydroxylation sites is 1. The summed E-state index contributed by atoms with van der Waals surface area (Å²) < 4.78 is 12.4. The van der Waals surface area contributed by atoms with Crippen LogP contribution < -0.4 is 20.3 Å². The molecule has 8 heteroatoms. The van der Waals surface area contributed by atoms with Crippen LogP contribution in [0.5, 0.6) is 11.5 Å². The van der Waals surface area contributed by atoms with E-state index in [0.29, 0.717) is 41.3 Å². The Balaban J connectivity index is 1.45. The summed E-state index contributed by atoms with van der Waals surface area (Å²) in [5.74, 6) is 1.57. The van der Waals surface area contributed by atoms with E-state index in [9.17, 15) is 9.59 Å². The molecule has 2 aromatic carbocycles. The fraction of sp³-hybridized carbons (Fsp3) is 0.214. The zero-order valence-corrected chi connectivity index (χ0v) is 20.7. The number of aromatic nitrogens is 2. The number of carbonyl (C=O) groups is 1. The van der Waals surface area contributed by atoms with Gasteiger partial charge in [0.05, 0.1) is 31.4 Å². The first-order chi connectivity index (χ1) is 17.6. The first-order valence-electron chi connectivity index (χ1n) is 11.8. The summed E-state index contributed by atoms with van der Waals surface area (Å²) in [7, 11) is 3.22. The van der Waals surface area contributed by atoms with Crippen LogP contribution in [0.15, 0.2) is 82.1 Å². The van der Waals surface area contributed by atoms with Crippen molar-refractivity contribution in [3.05, 3.63) is 104 Å². The van der Waals surface area contributed by atoms with Crippen LogP contribution in [0.4, 0.5) is 5.82 Å². The van der Waals surface area contributed by atoms with Crippen LogP contribution >= 0.6 is 11.3 Å². The average molecular weight is 500 g/mol. The molecule has 3 heterocycles. The Bertz CT molecular complexity index is 1530. The Morgan fingerprint density at radius 1 is 0.944 bits per heavy atom. The molecule has 0 saturated carbocycles. The maximum absolute atomic E-state index is 13.7. The van der Waals surface area contributed by atoms with Gasteiger partial charge in [0, 0.05) is 22.6 Å². The van der Waals surface area contributed by atoms with Gasteiger partial charge in [0.25, 0.3) is 5.56 Å². The molecule has 0 fully saturated rings. The summed E-state index contributed by atoms with van der Waals surface area (Å²) in [6.07, 6.45) is 1.01. The van der Waals surface area contributed by atoms with Gasteiger partial charge in [-0.25, -0.2) is 4.68 Å². The number of hydrogen-bond donors (Lipinski definition) is 2. The summed E-state index contributed by atoms with van der Waals surface area (Å²) in [5, 5.41) is 8.68. The molecule has 1 aliphatic carbocycles. The van der Waals surface area contributed by atoms with Crippen LogP contribution in [-0.2, 0) is 4.79 Å². The molecule has 2 aromatic heterocycles. The predicted molar refractivity (Wildman–Crippen MR) is 140 cm³/mol. The van der Waals surface area contributed by atoms with E-state index in [1.807, 2.05) is 66.0 Å². The smallest absolute Gasteiger partial charge is 0.277 e. The molecule has 1 aliphatic heterocycles. The fourth-order valence-corrected chi connectivity index (χ4v) is 6.18. The lowest BCUT2D eigenvalue weighted by Gasteiger charge is -2.34. The maximum Gasteiger partial charge on any atom is 0.277 e. The molecule has 1 unspecified atom stereocenters. The number of thiophene rings is 1. The zero-order valence-electron chi connectivity index (χ0n) is 19.9. The summed E-state index contributed by atoms with van der Waals surface area (Å²) in [6, 6.07) is 19.2. The molecule has 0 spiro atoms. The lowest BCUT2D eigenvalue weighted by Crippen LogP contribution is -2.31. The lowest BCUT2D eigenvalue weighted by molar-refractivity contribution is -0.116. The van der Waals surface area contributed by atoms with Crippen molar-refractivity contribution >= 4 is 22.9 Å². The molecule has 7 nitrogen and oxygen atoms in total. The molecular formula is C28H25N3O4S. The number of aromatic amines is 1. The fourth-order valence-electron chi connectivity index (χ4n) is 5.33. The normalized spacial score (nSPS) is 18.9. The van der Waals surface area contributed by atoms with Crippen molar-refractivity contribution in [2.45, 2.75) is 24.7 Å². The van der Waals surface area contributed by atoms with Crippen molar-refractivity contribution < 1.29 is 14.3 Å². The minimum Gasteiger partial charge on any atom is -0.493 e. The monoisotopic (exact) mass is 499 g/mol. The molecule has 182 valence electrons. The molecule has 0 radical (unpaired) electrons. The number of Topliss-reactive ketones (excluding diaryl/α,β-unsaturated/α-hetero) is 1. The highest BCUT2D eigenvalue weighted by atomic mass is 32.1. The number of nitrogens with zero attached hydrogens (tertiary/aromatic N) is 1. The van der Waals surface area contributed by atoms with E-state index in [1.54, 1.807) is 30.2 Å². The largest absolute Gasteiger partial charge is 0.493 e. The van der Waals surface area contributed by atoms with Gasteiger partial charge >= 0.3 is 0 Å². The SMILES string of the molecule is COc1ccc([C@@H]2CC(=O)C3=C(C2)Nc2[nH]n(-c4ccccc4)c(=O)c2C3c2cccs2)cc1OC. The number of nitrogens with one attached hydrogen (secondary N) is 2. The third-order valence-corrected chi connectivity index (χ3v) is 7.95. The number of H-pyrrole nitrogens is 1. The summed E-state index contributed by atoms with van der Waals surface area (Å²) in [4.78, 5) is 28.4. The van der Waals surface area contributed by atoms with E-state index >= 15 is 0 Å². The highest BCUT2D eigenvalue weighted by Gasteiger charge is 2.41. The minimum absolute atomic E-state index is 0.0166. The van der Waals surface area contributed by atoms with Crippen molar-refractivity contribution in [1.82, 2.24) is 9.78 Å². The van der Waals surface area contributed by atoms with Gasteiger partial charge in [-0.05, 0) is 53.6 Å². The van der Waals surface area contributed by atoms with Crippen LogP contribution in [0.1, 0.15) is 40.7 Å². The van der Waals surface area contributed by atoms with Crippen molar-refractivity contribution in [3.63, 3.8) is 0 Å². The number of carbonyl (C=O) groups excluding carboxylic acids is 1. The van der Waals surface area contributed by atoms with Gasteiger partial charge in [-0.1, -0.05) is 30.3 Å². The highest BCUT2D eigenvalue weighted by molar-refractivity contribution is 7.10. The second-order valence-electron chi connectivity index (χ2n) is 8.99. The quantitative estimate of drug-likeness (QED) is 0.394. The number of allylic oxidation sites excluding steroid dienone is 2. The number of fused-ring (bicyclic) bond motifs is 1. The van der Waals surface area contributed by atoms with Gasteiger partial charge in [0.2, 0.25) is 0 Å². The van der Waals surface area contributed by atoms with Crippen LogP contribution in [0.3, 0.4) is 0 Å². The Morgan fingerprint density at radius 2 is 1.75 bits per heavy atom. The van der Waals surface area contributed by atoms with Gasteiger partial charge in [-0.15, -0.1) is 11.3 Å². The standard InChI is InChI=1S/C28H25N3O4S/c1-34-21-11-10-16(15-22(21)35-2)17-13-19-24(20(32)14-17)25(23-9-6-12-36-23)26-27(29-19)30-31(28(26)33)18-7-4-3-5-8-18/h3-12,15,17,25,29-30H,13-14H2,1-2H3/t17-,25?/m0/s1. The number of ether oxygens (including phenoxy) is 2. The number of rotatable bonds is 5. The lowest BCUT2D eigenvalue weighted by atomic mass is 9.74. The molecular weight excluding hydrogens is 474 g/mol. The first kappa shape index (κ1) is 22.4. The molecule has 2 N–H and O–H groups in total. The molecule has 4 aromatic rings. The van der Waals surface area contributed by atoms with Crippen LogP contribution in [0.25, 0.3) is 5.69 Å². The number of ketones is 1. The average Bonchev–Trinajstić information content (AvgIpc) is 3.56. The van der Waals surface area contributed by atoms with Crippen LogP contribution in [0.2, 0.25) is 0 Å². The second kappa shape index (κ2) is 8.87. The first-order valence-corrected chi connectivity index (χ1v) is 12.7. The Hall–Kier alpha value is -4.04. The van der Waals surface area contributed by atoms with E-state index in [2.05, 4.69) is 10.4 Å². The van der Waals surface area contributed by atoms with E-state index in [0.717, 1.165) is 21.8 Å². The van der Waals surface area contributed by atoms with Crippen molar-refractivity contribution in [2.75, 3.05) is 19.5 Å². The number of anilines is 1. The van der Waals surface area contributed by atoms with E-state index in [4.69, 9.17) is 9.47 Å². The zero-order chi connectivity index (χ0) is 24.8. The number of hydrogen-bond acceptors (Lipinski definition) is 6. The van der Waals surface area contributed by atoms with E-state index < -0.39 is 5.92 Å². The third kappa shape index (κ3) is 3.56. The van der Waals surface area contributed by atoms with Gasteiger partial charge in [-0.3, -0.25) is 14.7 Å². The van der Waals surface area contributed by atoms with E-state index in [-0.39, 0.29) is 17.3 Å². The van der Waals surface area contributed by atoms with Gasteiger partial charge in [0.1, 0.15) is 5.82 Å². The second-order valence-corrected chi connectivity index (χ2v) is 9.96. The minimum atomic E-state index is -0.399. The van der Waals surface area contributed by atoms with Crippen LogP contribution in [0, 0.1) is 0 Å². The van der Waals surface area contributed by atoms with Gasteiger partial charge < -0.3 is 14.8 Å². The highest BCUT2D eigenvalue weighted by Crippen LogP contribution is 2.48. The van der Waals surface area contributed by atoms with Crippen molar-refractivity contribution in [3.8, 4) is 17.2 Å². The molecule has 36 heavy (non-hydrogen) atoms. The Kier molecular flexibility index (Phi) is 5.53. The molecule has 0 saturated heterocycles. The van der Waals surface area contributed by atoms with Gasteiger partial charge in [0.15, 0.2) is 17.3 Å². The molecule has 0 amide bonds. The molecule has 2 atom stereocenters. The van der Waals surface area contributed by atoms with Gasteiger partial charge in [-0.2, -0.15) is 0 Å². The summed E-state index contributed by atoms with van der Waals surface area (Å²) in [6.45, 7) is 0. The predicted octanol–water partition coefficient (Wildman–Crippen LogP) is 5.20. The Labute approximate surface area is 212 Å². The summed E-state index contributed by atoms with van der Waals surface area (Å²) >= 11 is 1.56. The summed E-state index contributed by atoms with van der Waals surface area (Å²) in [5.41, 5.74) is 3.75. The number of benzene rings is 2. The maximum atomic E-state index is 13.7. The van der Waals surface area contributed by atoms with E-state index in [1.165, 1.54) is 0 Å². The topological polar surface area (TPSA) is 85.4 Å². The van der Waals surface area contributed by atoms with Crippen molar-refractivity contribution in [1.29, 1.82) is 0 Å². The molecule has 0 bridgehead atoms. The molecule has 6 rings (SSSR count).